The highest BCUT2D eigenvalue weighted by Crippen LogP contribution is 2.28. The van der Waals surface area contributed by atoms with E-state index in [-0.39, 0.29) is 19.0 Å². The highest BCUT2D eigenvalue weighted by Gasteiger charge is 2.22. The molecule has 1 aliphatic heterocycles. The van der Waals surface area contributed by atoms with E-state index in [1.54, 1.807) is 42.5 Å². The first-order chi connectivity index (χ1) is 19.4. The number of hydrogen-bond acceptors (Lipinski definition) is 8. The normalized spacial score (nSPS) is 14.3. The van der Waals surface area contributed by atoms with E-state index in [1.165, 1.54) is 0 Å². The van der Waals surface area contributed by atoms with Crippen LogP contribution in [-0.4, -0.2) is 62.1 Å². The Morgan fingerprint density at radius 2 is 1.62 bits per heavy atom. The number of carbonyl (C=O) groups excluding carboxylic acids is 3. The van der Waals surface area contributed by atoms with Gasteiger partial charge in [0.15, 0.2) is 5.78 Å². The molecule has 3 aromatic rings. The molecule has 0 bridgehead atoms. The van der Waals surface area contributed by atoms with Gasteiger partial charge in [0.1, 0.15) is 13.2 Å². The second-order valence-electron chi connectivity index (χ2n) is 9.50. The van der Waals surface area contributed by atoms with Gasteiger partial charge in [0.2, 0.25) is 0 Å². The maximum absolute atomic E-state index is 12.9. The third-order valence-electron chi connectivity index (χ3n) is 6.79. The Hall–Kier alpha value is -3.53. The molecule has 2 N–H and O–H groups in total. The molecule has 40 heavy (non-hydrogen) atoms. The van der Waals surface area contributed by atoms with E-state index in [1.807, 2.05) is 31.2 Å². The monoisotopic (exact) mass is 608 g/mol. The summed E-state index contributed by atoms with van der Waals surface area (Å²) >= 11 is 3.44. The van der Waals surface area contributed by atoms with Crippen LogP contribution >= 0.6 is 15.9 Å². The van der Waals surface area contributed by atoms with Crippen LogP contribution in [0.4, 0.5) is 5.69 Å². The fraction of sp³-hybridized carbons (Fsp3) is 0.323. The number of halogens is 1. The van der Waals surface area contributed by atoms with E-state index in [2.05, 4.69) is 20.8 Å². The number of rotatable bonds is 11. The van der Waals surface area contributed by atoms with Crippen molar-refractivity contribution in [3.8, 4) is 0 Å². The molecule has 1 aliphatic rings. The fourth-order valence-electron chi connectivity index (χ4n) is 4.58. The molecule has 1 heterocycles. The third kappa shape index (κ3) is 7.56. The predicted molar refractivity (Wildman–Crippen MR) is 155 cm³/mol. The molecule has 0 radical (unpaired) electrons. The molecule has 0 saturated carbocycles. The Kier molecular flexibility index (Phi) is 10.5. The first kappa shape index (κ1) is 29.5. The van der Waals surface area contributed by atoms with Crippen LogP contribution in [0.2, 0.25) is 0 Å². The summed E-state index contributed by atoms with van der Waals surface area (Å²) in [6.07, 6.45) is 0.493. The van der Waals surface area contributed by atoms with Crippen molar-refractivity contribution in [2.75, 3.05) is 45.3 Å². The number of ether oxygens (including phenoxy) is 3. The minimum absolute atomic E-state index is 0.0829. The number of hydrogen-bond donors (Lipinski definition) is 1. The number of nitrogens with zero attached hydrogens (tertiary/aromatic N) is 1. The van der Waals surface area contributed by atoms with Gasteiger partial charge < -0.3 is 19.9 Å². The van der Waals surface area contributed by atoms with Crippen LogP contribution in [0.1, 0.15) is 56.7 Å². The molecule has 0 aliphatic carbocycles. The smallest absolute Gasteiger partial charge is 0.338 e. The average Bonchev–Trinajstić information content (AvgIpc) is 2.98. The summed E-state index contributed by atoms with van der Waals surface area (Å²) in [6.45, 7) is 5.23. The molecule has 1 unspecified atom stereocenters. The molecule has 0 spiro atoms. The maximum Gasteiger partial charge on any atom is 0.338 e. The van der Waals surface area contributed by atoms with Crippen molar-refractivity contribution in [2.45, 2.75) is 25.8 Å². The predicted octanol–water partition coefficient (Wildman–Crippen LogP) is 4.99. The van der Waals surface area contributed by atoms with Crippen LogP contribution in [0.5, 0.6) is 0 Å². The van der Waals surface area contributed by atoms with Gasteiger partial charge in [-0.3, -0.25) is 14.5 Å². The molecule has 8 nitrogen and oxygen atoms in total. The van der Waals surface area contributed by atoms with Crippen LogP contribution in [0, 0.1) is 0 Å². The molecule has 3 aromatic carbocycles. The van der Waals surface area contributed by atoms with E-state index >= 15 is 0 Å². The van der Waals surface area contributed by atoms with Crippen LogP contribution < -0.4 is 5.73 Å². The van der Waals surface area contributed by atoms with Gasteiger partial charge in [-0.15, -0.1) is 0 Å². The van der Waals surface area contributed by atoms with Gasteiger partial charge in [-0.2, -0.15) is 0 Å². The Balaban J connectivity index is 1.32. The van der Waals surface area contributed by atoms with Crippen LogP contribution in [0.15, 0.2) is 71.2 Å². The maximum atomic E-state index is 12.9. The molecule has 210 valence electrons. The number of morpholine rings is 1. The Labute approximate surface area is 242 Å². The number of anilines is 1. The molecule has 0 amide bonds. The minimum atomic E-state index is -0.546. The number of nitrogen functional groups attached to an aromatic ring is 1. The highest BCUT2D eigenvalue weighted by molar-refractivity contribution is 9.10. The Bertz CT molecular complexity index is 1340. The lowest BCUT2D eigenvalue weighted by Gasteiger charge is -2.27. The standard InChI is InChI=1S/C31H33BrN2O6/c1-2-26(22-9-6-10-23(17-22)29(35)21-7-4-3-5-8-21)31(37)40-16-15-39-30(36)24-18-25(28(33)27(32)19-24)20-34-11-13-38-14-12-34/h3-10,17-19,26H,2,11-16,20,33H2,1H3. The summed E-state index contributed by atoms with van der Waals surface area (Å²) in [5, 5.41) is 0. The summed E-state index contributed by atoms with van der Waals surface area (Å²) in [7, 11) is 0. The molecule has 1 fully saturated rings. The van der Waals surface area contributed by atoms with E-state index in [0.29, 0.717) is 58.6 Å². The number of esters is 2. The molecular formula is C31H33BrN2O6. The van der Waals surface area contributed by atoms with Gasteiger partial charge in [0, 0.05) is 35.2 Å². The third-order valence-corrected chi connectivity index (χ3v) is 7.45. The zero-order valence-electron chi connectivity index (χ0n) is 22.4. The first-order valence-electron chi connectivity index (χ1n) is 13.3. The van der Waals surface area contributed by atoms with E-state index < -0.39 is 17.9 Å². The molecular weight excluding hydrogens is 576 g/mol. The SMILES string of the molecule is CCC(C(=O)OCCOC(=O)c1cc(Br)c(N)c(CN2CCOCC2)c1)c1cccc(C(=O)c2ccccc2)c1. The van der Waals surface area contributed by atoms with Gasteiger partial charge in [-0.1, -0.05) is 55.5 Å². The van der Waals surface area contributed by atoms with Gasteiger partial charge in [0.05, 0.1) is 30.4 Å². The number of benzene rings is 3. The van der Waals surface area contributed by atoms with Crippen molar-refractivity contribution in [3.05, 3.63) is 99.0 Å². The van der Waals surface area contributed by atoms with Gasteiger partial charge in [-0.25, -0.2) is 4.79 Å². The lowest BCUT2D eigenvalue weighted by Crippen LogP contribution is -2.35. The van der Waals surface area contributed by atoms with Crippen molar-refractivity contribution in [1.29, 1.82) is 0 Å². The molecule has 0 aromatic heterocycles. The van der Waals surface area contributed by atoms with Crippen molar-refractivity contribution in [1.82, 2.24) is 4.90 Å². The summed E-state index contributed by atoms with van der Waals surface area (Å²) in [5.74, 6) is -1.62. The average molecular weight is 610 g/mol. The van der Waals surface area contributed by atoms with E-state index in [0.717, 1.165) is 18.7 Å². The second kappa shape index (κ2) is 14.2. The fourth-order valence-corrected chi connectivity index (χ4v) is 5.08. The molecule has 9 heteroatoms. The topological polar surface area (TPSA) is 108 Å². The van der Waals surface area contributed by atoms with Crippen molar-refractivity contribution < 1.29 is 28.6 Å². The van der Waals surface area contributed by atoms with Crippen molar-refractivity contribution >= 4 is 39.3 Å². The molecule has 1 atom stereocenters. The van der Waals surface area contributed by atoms with Crippen molar-refractivity contribution in [3.63, 3.8) is 0 Å². The molecule has 1 saturated heterocycles. The minimum Gasteiger partial charge on any atom is -0.462 e. The zero-order valence-corrected chi connectivity index (χ0v) is 24.0. The number of carbonyl (C=O) groups is 3. The van der Waals surface area contributed by atoms with Gasteiger partial charge in [0.25, 0.3) is 0 Å². The summed E-state index contributed by atoms with van der Waals surface area (Å²) in [4.78, 5) is 40.7. The quantitative estimate of drug-likeness (QED) is 0.140. The first-order valence-corrected chi connectivity index (χ1v) is 14.1. The van der Waals surface area contributed by atoms with E-state index in [9.17, 15) is 14.4 Å². The largest absolute Gasteiger partial charge is 0.462 e. The van der Waals surface area contributed by atoms with Crippen LogP contribution in [0.3, 0.4) is 0 Å². The Morgan fingerprint density at radius 1 is 0.925 bits per heavy atom. The lowest BCUT2D eigenvalue weighted by atomic mass is 9.93. The lowest BCUT2D eigenvalue weighted by molar-refractivity contribution is -0.146. The number of ketones is 1. The number of nitrogens with two attached hydrogens (primary N) is 1. The van der Waals surface area contributed by atoms with Gasteiger partial charge >= 0.3 is 11.9 Å². The Morgan fingerprint density at radius 3 is 2.35 bits per heavy atom. The van der Waals surface area contributed by atoms with E-state index in [4.69, 9.17) is 19.9 Å². The summed E-state index contributed by atoms with van der Waals surface area (Å²) < 4.78 is 16.8. The van der Waals surface area contributed by atoms with Crippen LogP contribution in [0.25, 0.3) is 0 Å². The van der Waals surface area contributed by atoms with Crippen LogP contribution in [-0.2, 0) is 25.5 Å². The summed E-state index contributed by atoms with van der Waals surface area (Å²) in [5.41, 5.74) is 9.79. The molecule has 4 rings (SSSR count). The van der Waals surface area contributed by atoms with Gasteiger partial charge in [-0.05, 0) is 51.7 Å². The summed E-state index contributed by atoms with van der Waals surface area (Å²) in [6, 6.07) is 19.4. The zero-order chi connectivity index (χ0) is 28.5. The highest BCUT2D eigenvalue weighted by atomic mass is 79.9. The van der Waals surface area contributed by atoms with Crippen molar-refractivity contribution in [2.24, 2.45) is 0 Å². The second-order valence-corrected chi connectivity index (χ2v) is 10.4.